The van der Waals surface area contributed by atoms with Gasteiger partial charge in [-0.25, -0.2) is 0 Å². The van der Waals surface area contributed by atoms with E-state index in [1.165, 1.54) is 11.1 Å². The Balaban J connectivity index is 1.72. The largest absolute Gasteiger partial charge is 0.454 e. The average molecular weight is 301 g/mol. The van der Waals surface area contributed by atoms with Crippen LogP contribution in [0.15, 0.2) is 24.3 Å². The molecule has 3 heterocycles. The molecule has 22 heavy (non-hydrogen) atoms. The number of aliphatic hydroxyl groups is 1. The lowest BCUT2D eigenvalue weighted by Crippen LogP contribution is -2.52. The van der Waals surface area contributed by atoms with E-state index in [0.717, 1.165) is 24.5 Å². The molecule has 0 amide bonds. The van der Waals surface area contributed by atoms with Crippen LogP contribution >= 0.6 is 0 Å². The summed E-state index contributed by atoms with van der Waals surface area (Å²) in [4.78, 5) is 2.38. The minimum atomic E-state index is -0.395. The Kier molecular flexibility index (Phi) is 2.50. The smallest absolute Gasteiger partial charge is 0.231 e. The number of hydrogen-bond donors (Lipinski definition) is 1. The molecule has 1 unspecified atom stereocenters. The zero-order valence-corrected chi connectivity index (χ0v) is 12.5. The van der Waals surface area contributed by atoms with Crippen LogP contribution in [0.25, 0.3) is 0 Å². The minimum Gasteiger partial charge on any atom is -0.454 e. The monoisotopic (exact) mass is 301 g/mol. The first kappa shape index (κ1) is 12.9. The molecule has 3 aliphatic heterocycles. The lowest BCUT2D eigenvalue weighted by atomic mass is 9.65. The van der Waals surface area contributed by atoms with Gasteiger partial charge >= 0.3 is 0 Å². The van der Waals surface area contributed by atoms with E-state index in [4.69, 9.17) is 14.2 Å². The third-order valence-electron chi connectivity index (χ3n) is 5.73. The molecule has 4 aliphatic rings. The summed E-state index contributed by atoms with van der Waals surface area (Å²) in [6.07, 6.45) is 4.91. The van der Waals surface area contributed by atoms with E-state index in [2.05, 4.69) is 29.2 Å². The number of methoxy groups -OCH3 is 1. The van der Waals surface area contributed by atoms with Gasteiger partial charge in [0.15, 0.2) is 11.5 Å². The highest BCUT2D eigenvalue weighted by molar-refractivity contribution is 5.56. The van der Waals surface area contributed by atoms with Gasteiger partial charge in [-0.2, -0.15) is 0 Å². The van der Waals surface area contributed by atoms with Gasteiger partial charge in [-0.1, -0.05) is 12.2 Å². The van der Waals surface area contributed by atoms with E-state index in [1.807, 2.05) is 0 Å². The first-order chi connectivity index (χ1) is 10.7. The third-order valence-corrected chi connectivity index (χ3v) is 5.73. The Morgan fingerprint density at radius 2 is 2.14 bits per heavy atom. The fourth-order valence-corrected chi connectivity index (χ4v) is 4.69. The van der Waals surface area contributed by atoms with Gasteiger partial charge in [0, 0.05) is 26.2 Å². The van der Waals surface area contributed by atoms with Crippen molar-refractivity contribution in [3.8, 4) is 11.5 Å². The maximum absolute atomic E-state index is 10.8. The van der Waals surface area contributed by atoms with Gasteiger partial charge in [0.25, 0.3) is 0 Å². The normalized spacial score (nSPS) is 40.5. The molecule has 5 atom stereocenters. The van der Waals surface area contributed by atoms with Gasteiger partial charge in [-0.15, -0.1) is 0 Å². The molecule has 1 saturated heterocycles. The van der Waals surface area contributed by atoms with E-state index >= 15 is 0 Å². The van der Waals surface area contributed by atoms with Crippen LogP contribution in [0.1, 0.15) is 17.5 Å². The van der Waals surface area contributed by atoms with E-state index < -0.39 is 6.10 Å². The van der Waals surface area contributed by atoms with E-state index in [1.54, 1.807) is 7.11 Å². The molecule has 1 aromatic rings. The summed E-state index contributed by atoms with van der Waals surface area (Å²) in [6.45, 7) is 1.83. The molecule has 0 aromatic heterocycles. The molecule has 1 aromatic carbocycles. The fraction of sp³-hybridized carbons (Fsp3) is 0.529. The van der Waals surface area contributed by atoms with Crippen molar-refractivity contribution in [3.05, 3.63) is 35.4 Å². The summed E-state index contributed by atoms with van der Waals surface area (Å²) >= 11 is 0. The molecule has 0 spiro atoms. The van der Waals surface area contributed by atoms with Crippen molar-refractivity contribution in [2.24, 2.45) is 0 Å². The van der Waals surface area contributed by atoms with Crippen LogP contribution in [-0.2, 0) is 16.7 Å². The van der Waals surface area contributed by atoms with E-state index in [9.17, 15) is 5.11 Å². The van der Waals surface area contributed by atoms with Gasteiger partial charge in [0.2, 0.25) is 6.79 Å². The van der Waals surface area contributed by atoms with E-state index in [0.29, 0.717) is 6.54 Å². The highest BCUT2D eigenvalue weighted by Gasteiger charge is 2.58. The number of benzene rings is 1. The molecular weight excluding hydrogens is 282 g/mol. The Morgan fingerprint density at radius 3 is 2.95 bits per heavy atom. The lowest BCUT2D eigenvalue weighted by Gasteiger charge is -2.46. The van der Waals surface area contributed by atoms with Crippen molar-refractivity contribution in [3.63, 3.8) is 0 Å². The second-order valence-electron chi connectivity index (χ2n) is 6.63. The van der Waals surface area contributed by atoms with Crippen LogP contribution in [0.2, 0.25) is 0 Å². The maximum Gasteiger partial charge on any atom is 0.231 e. The molecule has 5 rings (SSSR count). The number of hydrogen-bond acceptors (Lipinski definition) is 5. The van der Waals surface area contributed by atoms with Gasteiger partial charge in [0.05, 0.1) is 17.6 Å². The second kappa shape index (κ2) is 4.25. The zero-order valence-electron chi connectivity index (χ0n) is 12.5. The van der Waals surface area contributed by atoms with Crippen LogP contribution in [0.4, 0.5) is 0 Å². The lowest BCUT2D eigenvalue weighted by molar-refractivity contribution is 0.0660. The maximum atomic E-state index is 10.8. The van der Waals surface area contributed by atoms with Gasteiger partial charge < -0.3 is 19.3 Å². The Bertz CT molecular complexity index is 673. The van der Waals surface area contributed by atoms with Crippen LogP contribution in [0, 0.1) is 0 Å². The SMILES string of the molecule is CO[C@H]1C=C[C@@]23c4cc5c(cc4CN(C[C@H]2O)[C@@H]3C1)OCO5. The number of fused-ring (bicyclic) bond motifs is 2. The number of rotatable bonds is 1. The van der Waals surface area contributed by atoms with Gasteiger partial charge in [-0.3, -0.25) is 4.90 Å². The molecule has 1 fully saturated rings. The summed E-state index contributed by atoms with van der Waals surface area (Å²) in [5, 5.41) is 10.8. The van der Waals surface area contributed by atoms with E-state index in [-0.39, 0.29) is 24.4 Å². The van der Waals surface area contributed by atoms with Crippen LogP contribution in [0.5, 0.6) is 11.5 Å². The summed E-state index contributed by atoms with van der Waals surface area (Å²) in [7, 11) is 1.75. The minimum absolute atomic E-state index is 0.126. The van der Waals surface area contributed by atoms with Crippen molar-refractivity contribution in [1.29, 1.82) is 0 Å². The molecule has 5 heteroatoms. The predicted octanol–water partition coefficient (Wildman–Crippen LogP) is 1.19. The van der Waals surface area contributed by atoms with Crippen molar-refractivity contribution in [2.45, 2.75) is 36.6 Å². The van der Waals surface area contributed by atoms with Crippen molar-refractivity contribution < 1.29 is 19.3 Å². The number of ether oxygens (including phenoxy) is 3. The average Bonchev–Trinajstić information content (AvgIpc) is 3.06. The first-order valence-electron chi connectivity index (χ1n) is 7.79. The van der Waals surface area contributed by atoms with Gasteiger partial charge in [0.1, 0.15) is 0 Å². The van der Waals surface area contributed by atoms with Crippen LogP contribution in [-0.4, -0.2) is 48.7 Å². The van der Waals surface area contributed by atoms with Crippen molar-refractivity contribution >= 4 is 0 Å². The number of aliphatic hydroxyl groups excluding tert-OH is 1. The first-order valence-corrected chi connectivity index (χ1v) is 7.79. The topological polar surface area (TPSA) is 51.2 Å². The standard InChI is InChI=1S/C17H19NO4/c1-20-11-2-3-17-12-6-14-13(21-9-22-14)4-10(12)7-18(8-16(17)19)15(17)5-11/h2-4,6,11,15-16,19H,5,7-9H2,1H3/t11-,15+,16+,17-/m0/s1. The van der Waals surface area contributed by atoms with Crippen molar-refractivity contribution in [1.82, 2.24) is 4.90 Å². The summed E-state index contributed by atoms with van der Waals surface area (Å²) in [6, 6.07) is 4.44. The summed E-state index contributed by atoms with van der Waals surface area (Å²) in [5.74, 6) is 1.61. The Morgan fingerprint density at radius 1 is 1.32 bits per heavy atom. The van der Waals surface area contributed by atoms with Crippen LogP contribution in [0.3, 0.4) is 0 Å². The summed E-state index contributed by atoms with van der Waals surface area (Å²) in [5.41, 5.74) is 2.08. The van der Waals surface area contributed by atoms with Crippen molar-refractivity contribution in [2.75, 3.05) is 20.4 Å². The third kappa shape index (κ3) is 1.44. The highest BCUT2D eigenvalue weighted by Crippen LogP contribution is 2.53. The fourth-order valence-electron chi connectivity index (χ4n) is 4.69. The molecule has 1 N–H and O–H groups in total. The second-order valence-corrected chi connectivity index (χ2v) is 6.63. The molecule has 5 nitrogen and oxygen atoms in total. The summed E-state index contributed by atoms with van der Waals surface area (Å²) < 4.78 is 16.6. The molecule has 0 saturated carbocycles. The molecular formula is C17H19NO4. The molecule has 2 bridgehead atoms. The Labute approximate surface area is 129 Å². The zero-order chi connectivity index (χ0) is 14.9. The highest BCUT2D eigenvalue weighted by atomic mass is 16.7. The van der Waals surface area contributed by atoms with Crippen LogP contribution < -0.4 is 9.47 Å². The predicted molar refractivity (Wildman–Crippen MR) is 79.0 cm³/mol. The molecule has 1 aliphatic carbocycles. The quantitative estimate of drug-likeness (QED) is 0.790. The molecule has 0 radical (unpaired) electrons. The Hall–Kier alpha value is -1.56. The van der Waals surface area contributed by atoms with Gasteiger partial charge in [-0.05, 0) is 29.7 Å². The molecule has 116 valence electrons. The number of nitrogens with zero attached hydrogens (tertiary/aromatic N) is 1.